The first-order valence-corrected chi connectivity index (χ1v) is 5.03. The van der Waals surface area contributed by atoms with Crippen LogP contribution in [0.2, 0.25) is 0 Å². The number of aryl methyl sites for hydroxylation is 1. The van der Waals surface area contributed by atoms with Crippen molar-refractivity contribution in [3.8, 4) is 0 Å². The summed E-state index contributed by atoms with van der Waals surface area (Å²) in [5.74, 6) is 0. The Morgan fingerprint density at radius 1 is 1.42 bits per heavy atom. The van der Waals surface area contributed by atoms with Gasteiger partial charge in [0.25, 0.3) is 0 Å². The molecule has 0 bridgehead atoms. The highest BCUT2D eigenvalue weighted by atomic mass is 32.1. The fourth-order valence-electron chi connectivity index (χ4n) is 0.644. The number of thiazole rings is 1. The monoisotopic (exact) mass is 187 g/mol. The van der Waals surface area contributed by atoms with Gasteiger partial charge in [-0.25, -0.2) is 4.98 Å². The third-order valence-corrected chi connectivity index (χ3v) is 2.02. The van der Waals surface area contributed by atoms with E-state index < -0.39 is 5.60 Å². The Labute approximate surface area is 78.3 Å². The molecule has 0 aliphatic heterocycles. The van der Waals surface area contributed by atoms with Gasteiger partial charge in [-0.15, -0.1) is 11.3 Å². The molecule has 0 unspecified atom stereocenters. The van der Waals surface area contributed by atoms with Crippen molar-refractivity contribution in [3.05, 3.63) is 16.1 Å². The average molecular weight is 187 g/mol. The number of rotatable bonds is 1. The Hall–Kier alpha value is -0.410. The van der Waals surface area contributed by atoms with Crippen LogP contribution in [-0.2, 0) is 5.60 Å². The van der Waals surface area contributed by atoms with Gasteiger partial charge in [0.05, 0.1) is 10.7 Å². The third kappa shape index (κ3) is 3.32. The summed E-state index contributed by atoms with van der Waals surface area (Å²) in [5.41, 5.74) is -0.0277. The van der Waals surface area contributed by atoms with Gasteiger partial charge in [-0.1, -0.05) is 13.8 Å². The van der Waals surface area contributed by atoms with Gasteiger partial charge in [-0.05, 0) is 20.8 Å². The molecule has 1 heterocycles. The molecule has 70 valence electrons. The summed E-state index contributed by atoms with van der Waals surface area (Å²) >= 11 is 1.56. The summed E-state index contributed by atoms with van der Waals surface area (Å²) in [6.45, 7) is 9.41. The zero-order valence-corrected chi connectivity index (χ0v) is 9.20. The van der Waals surface area contributed by atoms with E-state index in [0.717, 1.165) is 10.7 Å². The summed E-state index contributed by atoms with van der Waals surface area (Å²) in [6, 6.07) is 0. The van der Waals surface area contributed by atoms with E-state index in [1.807, 2.05) is 26.2 Å². The van der Waals surface area contributed by atoms with Crippen molar-refractivity contribution in [1.82, 2.24) is 4.98 Å². The maximum atomic E-state index is 9.45. The highest BCUT2D eigenvalue weighted by Gasteiger charge is 2.18. The number of aliphatic hydroxyl groups is 1. The van der Waals surface area contributed by atoms with Crippen LogP contribution in [0.4, 0.5) is 0 Å². The van der Waals surface area contributed by atoms with Gasteiger partial charge < -0.3 is 5.11 Å². The fraction of sp³-hybridized carbons (Fsp3) is 0.667. The van der Waals surface area contributed by atoms with E-state index in [0.29, 0.717) is 0 Å². The summed E-state index contributed by atoms with van der Waals surface area (Å²) < 4.78 is 0. The van der Waals surface area contributed by atoms with Crippen LogP contribution in [0, 0.1) is 6.92 Å². The molecule has 0 aliphatic rings. The van der Waals surface area contributed by atoms with Gasteiger partial charge in [0.15, 0.2) is 0 Å². The Bertz CT molecular complexity index is 225. The zero-order valence-electron chi connectivity index (χ0n) is 8.38. The lowest BCUT2D eigenvalue weighted by atomic mass is 10.1. The van der Waals surface area contributed by atoms with E-state index in [1.54, 1.807) is 25.2 Å². The lowest BCUT2D eigenvalue weighted by Gasteiger charge is -2.12. The molecule has 12 heavy (non-hydrogen) atoms. The van der Waals surface area contributed by atoms with Crippen LogP contribution in [0.15, 0.2) is 5.38 Å². The molecule has 0 saturated heterocycles. The summed E-state index contributed by atoms with van der Waals surface area (Å²) in [4.78, 5) is 4.15. The Balaban J connectivity index is 0.000000561. The average Bonchev–Trinajstić information content (AvgIpc) is 2.39. The van der Waals surface area contributed by atoms with Gasteiger partial charge in [-0.3, -0.25) is 0 Å². The van der Waals surface area contributed by atoms with E-state index in [-0.39, 0.29) is 0 Å². The molecule has 1 N–H and O–H groups in total. The van der Waals surface area contributed by atoms with Gasteiger partial charge in [-0.2, -0.15) is 0 Å². The van der Waals surface area contributed by atoms with Crippen molar-refractivity contribution in [2.75, 3.05) is 0 Å². The molecule has 0 radical (unpaired) electrons. The Morgan fingerprint density at radius 3 is 2.08 bits per heavy atom. The minimum absolute atomic E-state index is 0.759. The van der Waals surface area contributed by atoms with Crippen LogP contribution in [0.25, 0.3) is 0 Å². The van der Waals surface area contributed by atoms with Crippen LogP contribution in [0.1, 0.15) is 38.4 Å². The molecule has 1 aromatic rings. The predicted octanol–water partition coefficient (Wildman–Crippen LogP) is 2.71. The normalized spacial score (nSPS) is 10.5. The van der Waals surface area contributed by atoms with Crippen molar-refractivity contribution in [2.24, 2.45) is 0 Å². The van der Waals surface area contributed by atoms with E-state index in [4.69, 9.17) is 0 Å². The standard InChI is InChI=1S/C7H11NOS.C2H6/c1-5-8-6(4-10-5)7(2,3)9;1-2/h4,9H,1-3H3;1-2H3. The topological polar surface area (TPSA) is 33.1 Å². The number of hydrogen-bond acceptors (Lipinski definition) is 3. The second kappa shape index (κ2) is 4.58. The van der Waals surface area contributed by atoms with Gasteiger partial charge in [0, 0.05) is 5.38 Å². The van der Waals surface area contributed by atoms with Crippen LogP contribution >= 0.6 is 11.3 Å². The molecule has 0 atom stereocenters. The molecule has 1 aromatic heterocycles. The van der Waals surface area contributed by atoms with Crippen LogP contribution in [0.5, 0.6) is 0 Å². The van der Waals surface area contributed by atoms with E-state index in [2.05, 4.69) is 4.98 Å². The molecular formula is C9H17NOS. The first-order valence-electron chi connectivity index (χ1n) is 4.15. The highest BCUT2D eigenvalue weighted by Crippen LogP contribution is 2.20. The summed E-state index contributed by atoms with van der Waals surface area (Å²) in [7, 11) is 0. The second-order valence-corrected chi connectivity index (χ2v) is 3.87. The Morgan fingerprint density at radius 2 is 1.92 bits per heavy atom. The van der Waals surface area contributed by atoms with Crippen molar-refractivity contribution in [3.63, 3.8) is 0 Å². The van der Waals surface area contributed by atoms with Crippen molar-refractivity contribution in [1.29, 1.82) is 0 Å². The number of nitrogens with zero attached hydrogens (tertiary/aromatic N) is 1. The van der Waals surface area contributed by atoms with E-state index in [9.17, 15) is 5.11 Å². The van der Waals surface area contributed by atoms with Crippen molar-refractivity contribution in [2.45, 2.75) is 40.2 Å². The molecule has 0 amide bonds. The molecular weight excluding hydrogens is 170 g/mol. The molecule has 0 saturated carbocycles. The minimum Gasteiger partial charge on any atom is -0.384 e. The van der Waals surface area contributed by atoms with Gasteiger partial charge in [0.2, 0.25) is 0 Å². The van der Waals surface area contributed by atoms with E-state index in [1.165, 1.54) is 0 Å². The number of aromatic nitrogens is 1. The van der Waals surface area contributed by atoms with Crippen molar-refractivity contribution < 1.29 is 5.11 Å². The second-order valence-electron chi connectivity index (χ2n) is 2.81. The molecule has 0 aromatic carbocycles. The van der Waals surface area contributed by atoms with Crippen LogP contribution < -0.4 is 0 Å². The van der Waals surface area contributed by atoms with Crippen LogP contribution in [-0.4, -0.2) is 10.1 Å². The minimum atomic E-state index is -0.787. The van der Waals surface area contributed by atoms with Gasteiger partial charge in [0.1, 0.15) is 5.60 Å². The lowest BCUT2D eigenvalue weighted by molar-refractivity contribution is 0.0744. The summed E-state index contributed by atoms with van der Waals surface area (Å²) in [5, 5.41) is 12.3. The quantitative estimate of drug-likeness (QED) is 0.733. The lowest BCUT2D eigenvalue weighted by Crippen LogP contribution is -2.15. The number of hydrogen-bond donors (Lipinski definition) is 1. The molecule has 3 heteroatoms. The molecule has 0 spiro atoms. The predicted molar refractivity (Wildman–Crippen MR) is 53.4 cm³/mol. The third-order valence-electron chi connectivity index (χ3n) is 1.25. The van der Waals surface area contributed by atoms with E-state index >= 15 is 0 Å². The molecule has 1 rings (SSSR count). The van der Waals surface area contributed by atoms with Gasteiger partial charge >= 0.3 is 0 Å². The molecule has 0 fully saturated rings. The first kappa shape index (κ1) is 11.6. The molecule has 2 nitrogen and oxygen atoms in total. The molecule has 0 aliphatic carbocycles. The van der Waals surface area contributed by atoms with Crippen LogP contribution in [0.3, 0.4) is 0 Å². The largest absolute Gasteiger partial charge is 0.384 e. The Kier molecular flexibility index (Phi) is 4.42. The highest BCUT2D eigenvalue weighted by molar-refractivity contribution is 7.09. The zero-order chi connectivity index (χ0) is 9.78. The maximum absolute atomic E-state index is 9.45. The summed E-state index contributed by atoms with van der Waals surface area (Å²) in [6.07, 6.45) is 0. The smallest absolute Gasteiger partial charge is 0.102 e. The SMILES string of the molecule is CC.Cc1nc(C(C)(C)O)cs1. The van der Waals surface area contributed by atoms with Crippen molar-refractivity contribution >= 4 is 11.3 Å². The first-order chi connectivity index (χ1) is 5.50. The maximum Gasteiger partial charge on any atom is 0.102 e. The fourth-order valence-corrected chi connectivity index (χ4v) is 1.42.